The lowest BCUT2D eigenvalue weighted by Gasteiger charge is -2.35. The summed E-state index contributed by atoms with van der Waals surface area (Å²) in [5.41, 5.74) is 7.91. The van der Waals surface area contributed by atoms with Crippen LogP contribution in [-0.4, -0.2) is 34.6 Å². The Kier molecular flexibility index (Phi) is 5.96. The van der Waals surface area contributed by atoms with Gasteiger partial charge < -0.3 is 5.11 Å². The second kappa shape index (κ2) is 8.80. The fourth-order valence-electron chi connectivity index (χ4n) is 4.62. The van der Waals surface area contributed by atoms with Crippen molar-refractivity contribution in [3.8, 4) is 11.1 Å². The number of carboxylic acids is 1. The summed E-state index contributed by atoms with van der Waals surface area (Å²) in [4.78, 5) is 18.0. The molecular formula is C26H28N2O2. The van der Waals surface area contributed by atoms with Crippen molar-refractivity contribution in [3.05, 3.63) is 88.7 Å². The van der Waals surface area contributed by atoms with Gasteiger partial charge in [-0.15, -0.1) is 0 Å². The monoisotopic (exact) mass is 400 g/mol. The van der Waals surface area contributed by atoms with Gasteiger partial charge in [0.25, 0.3) is 0 Å². The van der Waals surface area contributed by atoms with E-state index in [0.717, 1.165) is 31.4 Å². The molecule has 4 rings (SSSR count). The Morgan fingerprint density at radius 3 is 2.80 bits per heavy atom. The molecule has 0 unspecified atom stereocenters. The number of benzene rings is 2. The Bertz CT molecular complexity index is 1060. The lowest BCUT2D eigenvalue weighted by atomic mass is 9.86. The number of hydrogen-bond acceptors (Lipinski definition) is 3. The number of likely N-dealkylation sites (N-methyl/N-ethyl adjacent to an activating group) is 1. The number of aromatic nitrogens is 1. The van der Waals surface area contributed by atoms with E-state index in [1.807, 2.05) is 0 Å². The first-order valence-electron chi connectivity index (χ1n) is 10.7. The molecule has 2 aromatic carbocycles. The first-order chi connectivity index (χ1) is 14.6. The van der Waals surface area contributed by atoms with E-state index >= 15 is 0 Å². The lowest BCUT2D eigenvalue weighted by molar-refractivity contribution is 0.0695. The van der Waals surface area contributed by atoms with Crippen molar-refractivity contribution >= 4 is 5.97 Å². The van der Waals surface area contributed by atoms with E-state index in [1.54, 1.807) is 18.5 Å². The first kappa shape index (κ1) is 20.3. The van der Waals surface area contributed by atoms with Gasteiger partial charge in [-0.1, -0.05) is 49.4 Å². The van der Waals surface area contributed by atoms with Crippen molar-refractivity contribution in [1.29, 1.82) is 0 Å². The normalized spacial score (nSPS) is 16.3. The van der Waals surface area contributed by atoms with E-state index in [2.05, 4.69) is 66.3 Å². The van der Waals surface area contributed by atoms with Crippen molar-refractivity contribution in [2.24, 2.45) is 0 Å². The smallest absolute Gasteiger partial charge is 0.336 e. The van der Waals surface area contributed by atoms with E-state index < -0.39 is 5.97 Å². The SMILES string of the molecule is CCc1ccccc1-c1ccc2c(c1)CCN(C)[C@@H]2CCc1cnccc1C(=O)O. The van der Waals surface area contributed by atoms with E-state index in [0.29, 0.717) is 12.0 Å². The minimum Gasteiger partial charge on any atom is -0.478 e. The molecule has 3 aromatic rings. The second-order valence-corrected chi connectivity index (χ2v) is 8.05. The van der Waals surface area contributed by atoms with Gasteiger partial charge in [-0.25, -0.2) is 4.79 Å². The number of carbonyl (C=O) groups is 1. The summed E-state index contributed by atoms with van der Waals surface area (Å²) in [5, 5.41) is 9.46. The Labute approximate surface area is 178 Å². The van der Waals surface area contributed by atoms with Crippen LogP contribution in [0.2, 0.25) is 0 Å². The molecule has 0 radical (unpaired) electrons. The average Bonchev–Trinajstić information content (AvgIpc) is 2.78. The Hall–Kier alpha value is -2.98. The minimum absolute atomic E-state index is 0.283. The standard InChI is InChI=1S/C26H28N2O2/c1-3-18-6-4-5-7-22(18)19-8-10-23-20(16-19)13-15-28(2)25(23)11-9-21-17-27-14-12-24(21)26(29)30/h4-8,10,12,14,16-17,25H,3,9,11,13,15H2,1-2H3,(H,29,30)/t25-/m1/s1. The zero-order chi connectivity index (χ0) is 21.1. The van der Waals surface area contributed by atoms with Gasteiger partial charge in [0.05, 0.1) is 5.56 Å². The predicted octanol–water partition coefficient (Wildman–Crippen LogP) is 5.17. The number of pyridine rings is 1. The van der Waals surface area contributed by atoms with Gasteiger partial charge in [-0.05, 0) is 72.2 Å². The topological polar surface area (TPSA) is 53.4 Å². The highest BCUT2D eigenvalue weighted by Gasteiger charge is 2.25. The van der Waals surface area contributed by atoms with Crippen LogP contribution in [0.5, 0.6) is 0 Å². The molecule has 0 bridgehead atoms. The molecule has 0 amide bonds. The molecular weight excluding hydrogens is 372 g/mol. The maximum atomic E-state index is 11.5. The molecule has 30 heavy (non-hydrogen) atoms. The molecule has 0 spiro atoms. The molecule has 0 fully saturated rings. The van der Waals surface area contributed by atoms with Crippen LogP contribution in [0.25, 0.3) is 11.1 Å². The molecule has 1 atom stereocenters. The van der Waals surface area contributed by atoms with Crippen LogP contribution >= 0.6 is 0 Å². The van der Waals surface area contributed by atoms with E-state index in [4.69, 9.17) is 0 Å². The van der Waals surface area contributed by atoms with Gasteiger partial charge in [0, 0.05) is 25.0 Å². The van der Waals surface area contributed by atoms with Crippen molar-refractivity contribution in [2.75, 3.05) is 13.6 Å². The quantitative estimate of drug-likeness (QED) is 0.620. The van der Waals surface area contributed by atoms with Crippen molar-refractivity contribution in [2.45, 2.75) is 38.6 Å². The van der Waals surface area contributed by atoms with E-state index in [9.17, 15) is 9.90 Å². The number of rotatable bonds is 6. The van der Waals surface area contributed by atoms with Crippen LogP contribution in [-0.2, 0) is 19.3 Å². The maximum Gasteiger partial charge on any atom is 0.336 e. The zero-order valence-corrected chi connectivity index (χ0v) is 17.6. The number of aromatic carboxylic acids is 1. The van der Waals surface area contributed by atoms with Crippen molar-refractivity contribution in [1.82, 2.24) is 9.88 Å². The molecule has 0 saturated heterocycles. The van der Waals surface area contributed by atoms with Gasteiger partial charge in [-0.3, -0.25) is 9.88 Å². The van der Waals surface area contributed by atoms with Gasteiger partial charge in [0.15, 0.2) is 0 Å². The fourth-order valence-corrected chi connectivity index (χ4v) is 4.62. The highest BCUT2D eigenvalue weighted by atomic mass is 16.4. The zero-order valence-electron chi connectivity index (χ0n) is 17.6. The largest absolute Gasteiger partial charge is 0.478 e. The molecule has 2 heterocycles. The minimum atomic E-state index is -0.885. The van der Waals surface area contributed by atoms with Gasteiger partial charge in [-0.2, -0.15) is 0 Å². The number of aryl methyl sites for hydroxylation is 2. The van der Waals surface area contributed by atoms with Crippen LogP contribution in [0, 0.1) is 0 Å². The molecule has 4 heteroatoms. The maximum absolute atomic E-state index is 11.5. The summed E-state index contributed by atoms with van der Waals surface area (Å²) >= 11 is 0. The third-order valence-electron chi connectivity index (χ3n) is 6.30. The van der Waals surface area contributed by atoms with Gasteiger partial charge >= 0.3 is 5.97 Å². The van der Waals surface area contributed by atoms with Gasteiger partial charge in [0.1, 0.15) is 0 Å². The predicted molar refractivity (Wildman–Crippen MR) is 120 cm³/mol. The fraction of sp³-hybridized carbons (Fsp3) is 0.308. The van der Waals surface area contributed by atoms with Crippen molar-refractivity contribution < 1.29 is 9.90 Å². The Morgan fingerprint density at radius 1 is 1.17 bits per heavy atom. The number of carboxylic acid groups (broad SMARTS) is 1. The van der Waals surface area contributed by atoms with Crippen LogP contribution in [0.15, 0.2) is 60.9 Å². The van der Waals surface area contributed by atoms with Crippen LogP contribution < -0.4 is 0 Å². The summed E-state index contributed by atoms with van der Waals surface area (Å²) < 4.78 is 0. The summed E-state index contributed by atoms with van der Waals surface area (Å²) in [6.07, 6.45) is 6.88. The Balaban J connectivity index is 1.61. The number of nitrogens with zero attached hydrogens (tertiary/aromatic N) is 2. The summed E-state index contributed by atoms with van der Waals surface area (Å²) in [6.45, 7) is 3.21. The molecule has 154 valence electrons. The van der Waals surface area contributed by atoms with Gasteiger partial charge in [0.2, 0.25) is 0 Å². The number of hydrogen-bond donors (Lipinski definition) is 1. The summed E-state index contributed by atoms with van der Waals surface area (Å²) in [6, 6.07) is 17.4. The summed E-state index contributed by atoms with van der Waals surface area (Å²) in [7, 11) is 2.16. The lowest BCUT2D eigenvalue weighted by Crippen LogP contribution is -2.32. The third-order valence-corrected chi connectivity index (χ3v) is 6.30. The molecule has 1 aromatic heterocycles. The Morgan fingerprint density at radius 2 is 2.00 bits per heavy atom. The molecule has 1 aliphatic heterocycles. The highest BCUT2D eigenvalue weighted by Crippen LogP contribution is 2.35. The molecule has 0 saturated carbocycles. The average molecular weight is 401 g/mol. The number of fused-ring (bicyclic) bond motifs is 1. The van der Waals surface area contributed by atoms with E-state index in [-0.39, 0.29) is 6.04 Å². The second-order valence-electron chi connectivity index (χ2n) is 8.05. The summed E-state index contributed by atoms with van der Waals surface area (Å²) in [5.74, 6) is -0.885. The van der Waals surface area contributed by atoms with Crippen LogP contribution in [0.4, 0.5) is 0 Å². The van der Waals surface area contributed by atoms with Crippen molar-refractivity contribution in [3.63, 3.8) is 0 Å². The molecule has 1 N–H and O–H groups in total. The van der Waals surface area contributed by atoms with Crippen LogP contribution in [0.1, 0.15) is 52.0 Å². The van der Waals surface area contributed by atoms with Crippen LogP contribution in [0.3, 0.4) is 0 Å². The first-order valence-corrected chi connectivity index (χ1v) is 10.7. The highest BCUT2D eigenvalue weighted by molar-refractivity contribution is 5.89. The van der Waals surface area contributed by atoms with E-state index in [1.165, 1.54) is 27.8 Å². The molecule has 4 nitrogen and oxygen atoms in total. The molecule has 0 aliphatic carbocycles. The molecule has 1 aliphatic rings. The third kappa shape index (κ3) is 4.01.